The van der Waals surface area contributed by atoms with Crippen LogP contribution in [0.5, 0.6) is 0 Å². The van der Waals surface area contributed by atoms with Crippen molar-refractivity contribution in [2.45, 2.75) is 52.5 Å². The lowest BCUT2D eigenvalue weighted by Crippen LogP contribution is -2.36. The second kappa shape index (κ2) is 6.15. The molecule has 1 N–H and O–H groups in total. The fraction of sp³-hybridized carbons (Fsp3) is 0.600. The van der Waals surface area contributed by atoms with Crippen LogP contribution in [-0.4, -0.2) is 12.1 Å². The summed E-state index contributed by atoms with van der Waals surface area (Å²) in [6, 6.07) is 5.54. The summed E-state index contributed by atoms with van der Waals surface area (Å²) in [5.74, 6) is -0.0877. The Morgan fingerprint density at radius 2 is 1.88 bits per heavy atom. The van der Waals surface area contributed by atoms with E-state index in [0.717, 1.165) is 36.9 Å². The van der Waals surface area contributed by atoms with Crippen LogP contribution in [0.4, 0.5) is 4.39 Å². The van der Waals surface area contributed by atoms with Crippen LogP contribution in [0.3, 0.4) is 0 Å². The molecule has 0 saturated carbocycles. The summed E-state index contributed by atoms with van der Waals surface area (Å²) in [6.45, 7) is 9.33. The normalized spacial score (nSPS) is 11.8. The summed E-state index contributed by atoms with van der Waals surface area (Å²) in [5.41, 5.74) is 2.02. The Balaban J connectivity index is 2.25. The van der Waals surface area contributed by atoms with Crippen LogP contribution in [0, 0.1) is 12.7 Å². The lowest BCUT2D eigenvalue weighted by atomic mass is 10.1. The van der Waals surface area contributed by atoms with Crippen LogP contribution < -0.4 is 5.32 Å². The average Bonchev–Trinajstić information content (AvgIpc) is 2.21. The molecule has 0 fully saturated rings. The van der Waals surface area contributed by atoms with Crippen LogP contribution in [-0.2, 0) is 6.42 Å². The van der Waals surface area contributed by atoms with Gasteiger partial charge in [0, 0.05) is 5.54 Å². The molecule has 0 spiro atoms. The molecule has 0 atom stereocenters. The van der Waals surface area contributed by atoms with Gasteiger partial charge in [-0.3, -0.25) is 0 Å². The quantitative estimate of drug-likeness (QED) is 0.767. The van der Waals surface area contributed by atoms with Gasteiger partial charge in [-0.15, -0.1) is 0 Å². The highest BCUT2D eigenvalue weighted by molar-refractivity contribution is 5.23. The molecule has 0 aliphatic heterocycles. The van der Waals surface area contributed by atoms with E-state index in [2.05, 4.69) is 26.1 Å². The van der Waals surface area contributed by atoms with Gasteiger partial charge in [0.25, 0.3) is 0 Å². The summed E-state index contributed by atoms with van der Waals surface area (Å²) >= 11 is 0. The van der Waals surface area contributed by atoms with E-state index < -0.39 is 0 Å². The van der Waals surface area contributed by atoms with Gasteiger partial charge in [0.2, 0.25) is 0 Å². The van der Waals surface area contributed by atoms with Crippen LogP contribution >= 0.6 is 0 Å². The first-order valence-electron chi connectivity index (χ1n) is 6.38. The summed E-state index contributed by atoms with van der Waals surface area (Å²) in [5, 5.41) is 3.45. The molecule has 17 heavy (non-hydrogen) atoms. The number of halogens is 1. The first kappa shape index (κ1) is 14.2. The van der Waals surface area contributed by atoms with Gasteiger partial charge in [-0.2, -0.15) is 0 Å². The maximum Gasteiger partial charge on any atom is 0.126 e. The number of hydrogen-bond donors (Lipinski definition) is 1. The molecule has 0 heterocycles. The molecule has 1 aromatic rings. The van der Waals surface area contributed by atoms with Gasteiger partial charge in [-0.05, 0) is 70.7 Å². The fourth-order valence-corrected chi connectivity index (χ4v) is 1.71. The third kappa shape index (κ3) is 5.83. The molecule has 0 aromatic heterocycles. The molecule has 0 saturated heterocycles. The van der Waals surface area contributed by atoms with Gasteiger partial charge in [0.15, 0.2) is 0 Å². The van der Waals surface area contributed by atoms with Crippen molar-refractivity contribution in [3.63, 3.8) is 0 Å². The minimum absolute atomic E-state index is 0.0877. The highest BCUT2D eigenvalue weighted by Gasteiger charge is 2.07. The van der Waals surface area contributed by atoms with Gasteiger partial charge >= 0.3 is 0 Å². The van der Waals surface area contributed by atoms with E-state index >= 15 is 0 Å². The van der Waals surface area contributed by atoms with Crippen LogP contribution in [0.2, 0.25) is 0 Å². The maximum absolute atomic E-state index is 13.3. The molecule has 2 heteroatoms. The van der Waals surface area contributed by atoms with Crippen LogP contribution in [0.1, 0.15) is 44.7 Å². The SMILES string of the molecule is Cc1ccc(CCCCNC(C)(C)C)cc1F. The van der Waals surface area contributed by atoms with E-state index in [1.165, 1.54) is 0 Å². The third-order valence-electron chi connectivity index (χ3n) is 2.78. The van der Waals surface area contributed by atoms with Crippen molar-refractivity contribution in [1.82, 2.24) is 5.32 Å². The van der Waals surface area contributed by atoms with Gasteiger partial charge < -0.3 is 5.32 Å². The minimum atomic E-state index is -0.0877. The first-order chi connectivity index (χ1) is 7.88. The van der Waals surface area contributed by atoms with Crippen molar-refractivity contribution >= 4 is 0 Å². The zero-order valence-corrected chi connectivity index (χ0v) is 11.4. The molecule has 1 rings (SSSR count). The zero-order valence-electron chi connectivity index (χ0n) is 11.4. The molecule has 96 valence electrons. The second-order valence-corrected chi connectivity index (χ2v) is 5.72. The van der Waals surface area contributed by atoms with E-state index in [0.29, 0.717) is 0 Å². The van der Waals surface area contributed by atoms with Gasteiger partial charge in [0.1, 0.15) is 5.82 Å². The van der Waals surface area contributed by atoms with Gasteiger partial charge in [0.05, 0.1) is 0 Å². The topological polar surface area (TPSA) is 12.0 Å². The number of aryl methyl sites for hydroxylation is 2. The highest BCUT2D eigenvalue weighted by Crippen LogP contribution is 2.11. The van der Waals surface area contributed by atoms with Crippen molar-refractivity contribution in [2.24, 2.45) is 0 Å². The summed E-state index contributed by atoms with van der Waals surface area (Å²) in [7, 11) is 0. The van der Waals surface area contributed by atoms with Crippen LogP contribution in [0.25, 0.3) is 0 Å². The summed E-state index contributed by atoms with van der Waals surface area (Å²) in [4.78, 5) is 0. The summed E-state index contributed by atoms with van der Waals surface area (Å²) < 4.78 is 13.3. The molecule has 1 aromatic carbocycles. The molecule has 0 radical (unpaired) electrons. The average molecular weight is 237 g/mol. The Kier molecular flexibility index (Phi) is 5.13. The number of nitrogens with one attached hydrogen (secondary N) is 1. The van der Waals surface area contributed by atoms with E-state index in [9.17, 15) is 4.39 Å². The van der Waals surface area contributed by atoms with Crippen molar-refractivity contribution in [3.8, 4) is 0 Å². The van der Waals surface area contributed by atoms with Crippen molar-refractivity contribution in [1.29, 1.82) is 0 Å². The Bertz CT molecular complexity index is 352. The Hall–Kier alpha value is -0.890. The molecule has 0 unspecified atom stereocenters. The van der Waals surface area contributed by atoms with E-state index in [4.69, 9.17) is 0 Å². The zero-order chi connectivity index (χ0) is 12.9. The molecule has 0 bridgehead atoms. The number of rotatable bonds is 5. The smallest absolute Gasteiger partial charge is 0.126 e. The Morgan fingerprint density at radius 1 is 1.18 bits per heavy atom. The molecule has 0 aliphatic rings. The van der Waals surface area contributed by atoms with Crippen molar-refractivity contribution < 1.29 is 4.39 Å². The monoisotopic (exact) mass is 237 g/mol. The van der Waals surface area contributed by atoms with Crippen molar-refractivity contribution in [2.75, 3.05) is 6.54 Å². The number of unbranched alkanes of at least 4 members (excludes halogenated alkanes) is 1. The number of hydrogen-bond acceptors (Lipinski definition) is 1. The van der Waals surface area contributed by atoms with E-state index in [1.807, 2.05) is 12.1 Å². The highest BCUT2D eigenvalue weighted by atomic mass is 19.1. The third-order valence-corrected chi connectivity index (χ3v) is 2.78. The standard InChI is InChI=1S/C15H24FN/c1-12-8-9-13(11-14(12)16)7-5-6-10-17-15(2,3)4/h8-9,11,17H,5-7,10H2,1-4H3. The molecule has 0 aliphatic carbocycles. The number of benzene rings is 1. The Morgan fingerprint density at radius 3 is 2.47 bits per heavy atom. The predicted octanol–water partition coefficient (Wildman–Crippen LogP) is 3.84. The molecular weight excluding hydrogens is 213 g/mol. The fourth-order valence-electron chi connectivity index (χ4n) is 1.71. The van der Waals surface area contributed by atoms with E-state index in [-0.39, 0.29) is 11.4 Å². The lowest BCUT2D eigenvalue weighted by molar-refractivity contribution is 0.419. The largest absolute Gasteiger partial charge is 0.312 e. The Labute approximate surface area is 104 Å². The molecule has 0 amide bonds. The van der Waals surface area contributed by atoms with E-state index in [1.54, 1.807) is 13.0 Å². The lowest BCUT2D eigenvalue weighted by Gasteiger charge is -2.20. The minimum Gasteiger partial charge on any atom is -0.312 e. The first-order valence-corrected chi connectivity index (χ1v) is 6.38. The summed E-state index contributed by atoms with van der Waals surface area (Å²) in [6.07, 6.45) is 3.20. The van der Waals surface area contributed by atoms with Crippen molar-refractivity contribution in [3.05, 3.63) is 35.1 Å². The van der Waals surface area contributed by atoms with Gasteiger partial charge in [-0.1, -0.05) is 12.1 Å². The van der Waals surface area contributed by atoms with Gasteiger partial charge in [-0.25, -0.2) is 4.39 Å². The molecule has 1 nitrogen and oxygen atoms in total. The second-order valence-electron chi connectivity index (χ2n) is 5.72. The maximum atomic E-state index is 13.3. The predicted molar refractivity (Wildman–Crippen MR) is 71.8 cm³/mol. The molecular formula is C15H24FN. The van der Waals surface area contributed by atoms with Crippen LogP contribution in [0.15, 0.2) is 18.2 Å².